The Hall–Kier alpha value is -1.96. The predicted octanol–water partition coefficient (Wildman–Crippen LogP) is 9.89. The van der Waals surface area contributed by atoms with Crippen molar-refractivity contribution in [1.29, 1.82) is 0 Å². The molecule has 0 radical (unpaired) electrons. The Labute approximate surface area is 354 Å². The number of hydrogen-bond donors (Lipinski definition) is 5. The van der Waals surface area contributed by atoms with Crippen LogP contribution in [0.1, 0.15) is 162 Å². The van der Waals surface area contributed by atoms with Gasteiger partial charge in [-0.05, 0) is 50.9 Å². The molecule has 59 heavy (non-hydrogen) atoms. The molecule has 0 saturated heterocycles. The molecule has 14 nitrogen and oxygen atoms in total. The quantitative estimate of drug-likeness (QED) is 0.0168. The predicted molar refractivity (Wildman–Crippen MR) is 231 cm³/mol. The number of ether oxygens (including phenoxy) is 2. The van der Waals surface area contributed by atoms with E-state index in [1.165, 1.54) is 44.9 Å². The fourth-order valence-corrected chi connectivity index (χ4v) is 6.73. The number of aliphatic hydroxyl groups is 2. The molecule has 0 aliphatic heterocycles. The monoisotopic (exact) mass is 880 g/mol. The first-order chi connectivity index (χ1) is 28.2. The van der Waals surface area contributed by atoms with Crippen LogP contribution in [0.25, 0.3) is 0 Å². The first-order valence-corrected chi connectivity index (χ1v) is 24.8. The van der Waals surface area contributed by atoms with Gasteiger partial charge in [0.2, 0.25) is 0 Å². The second-order valence-electron chi connectivity index (χ2n) is 15.0. The maximum absolute atomic E-state index is 12.7. The minimum atomic E-state index is -4.87. The lowest BCUT2D eigenvalue weighted by molar-refractivity contribution is -0.161. The molecule has 5 atom stereocenters. The molecule has 0 aliphatic carbocycles. The molecular weight excluding hydrogens is 802 g/mol. The van der Waals surface area contributed by atoms with E-state index < -0.39 is 66.2 Å². The van der Waals surface area contributed by atoms with Crippen LogP contribution < -0.4 is 0 Å². The standard InChI is InChI=1S/C43H78O14P2/c1-4-6-30-39(44)31-26-22-18-14-9-7-8-10-15-19-23-27-32-42(46)53-36-41(37-56-59(51,52)55-35-40(45)34-54-58(48,49)50)57-43(47)33-28-24-20-16-12-11-13-17-21-25-29-38(3)5-2/h7-8,14-15,18-19,26,31,38-41,44-45H,4-6,9-13,16-17,20-25,27-30,32-37H2,1-3H3,(H,51,52)(H2,48,49,50)/b8-7-,18-14-,19-15-,31-26-/t38?,39-,40-,41+/m0/s1. The summed E-state index contributed by atoms with van der Waals surface area (Å²) in [6.45, 7) is 3.85. The van der Waals surface area contributed by atoms with Crippen LogP contribution in [0.5, 0.6) is 0 Å². The van der Waals surface area contributed by atoms with Gasteiger partial charge in [-0.2, -0.15) is 0 Å². The zero-order valence-corrected chi connectivity index (χ0v) is 37.9. The summed E-state index contributed by atoms with van der Waals surface area (Å²) in [6, 6.07) is 0. The van der Waals surface area contributed by atoms with E-state index in [0.29, 0.717) is 19.3 Å². The molecule has 2 unspecified atom stereocenters. The van der Waals surface area contributed by atoms with E-state index in [0.717, 1.165) is 70.1 Å². The molecule has 0 aliphatic rings. The topological polar surface area (TPSA) is 216 Å². The summed E-state index contributed by atoms with van der Waals surface area (Å²) < 4.78 is 47.7. The van der Waals surface area contributed by atoms with E-state index in [4.69, 9.17) is 23.8 Å². The summed E-state index contributed by atoms with van der Waals surface area (Å²) in [4.78, 5) is 52.6. The lowest BCUT2D eigenvalue weighted by atomic mass is 9.99. The van der Waals surface area contributed by atoms with Crippen molar-refractivity contribution in [2.45, 2.75) is 180 Å². The molecule has 0 aromatic carbocycles. The largest absolute Gasteiger partial charge is 0.472 e. The van der Waals surface area contributed by atoms with Crippen molar-refractivity contribution in [3.8, 4) is 0 Å². The van der Waals surface area contributed by atoms with Gasteiger partial charge in [-0.3, -0.25) is 23.2 Å². The van der Waals surface area contributed by atoms with Crippen molar-refractivity contribution in [2.24, 2.45) is 5.92 Å². The summed E-state index contributed by atoms with van der Waals surface area (Å²) in [5, 5.41) is 19.5. The van der Waals surface area contributed by atoms with Crippen molar-refractivity contribution in [2.75, 3.05) is 26.4 Å². The number of carbonyl (C=O) groups is 2. The second-order valence-corrected chi connectivity index (χ2v) is 17.7. The van der Waals surface area contributed by atoms with E-state index in [-0.39, 0.29) is 18.9 Å². The van der Waals surface area contributed by atoms with Gasteiger partial charge in [0.15, 0.2) is 6.10 Å². The normalized spacial score (nSPS) is 15.6. The smallest absolute Gasteiger partial charge is 0.462 e. The van der Waals surface area contributed by atoms with Crippen LogP contribution in [0.4, 0.5) is 0 Å². The molecule has 0 saturated carbocycles. The van der Waals surface area contributed by atoms with E-state index in [2.05, 4.69) is 54.1 Å². The van der Waals surface area contributed by atoms with Crippen LogP contribution in [0, 0.1) is 5.92 Å². The van der Waals surface area contributed by atoms with E-state index in [9.17, 15) is 33.8 Å². The van der Waals surface area contributed by atoms with Gasteiger partial charge in [0.05, 0.1) is 25.9 Å². The molecule has 344 valence electrons. The molecule has 0 aromatic heterocycles. The Morgan fingerprint density at radius 1 is 0.593 bits per heavy atom. The highest BCUT2D eigenvalue weighted by Crippen LogP contribution is 2.43. The maximum atomic E-state index is 12.7. The highest BCUT2D eigenvalue weighted by Gasteiger charge is 2.28. The van der Waals surface area contributed by atoms with Crippen LogP contribution in [0.15, 0.2) is 48.6 Å². The third-order valence-corrected chi connectivity index (χ3v) is 10.8. The molecule has 0 aromatic rings. The third kappa shape index (κ3) is 41.2. The number of carbonyl (C=O) groups excluding carboxylic acids is 2. The summed E-state index contributed by atoms with van der Waals surface area (Å²) in [7, 11) is -9.70. The fraction of sp³-hybridized carbons (Fsp3) is 0.767. The van der Waals surface area contributed by atoms with E-state index >= 15 is 0 Å². The summed E-state index contributed by atoms with van der Waals surface area (Å²) in [5.74, 6) is -0.308. The van der Waals surface area contributed by atoms with Gasteiger partial charge in [0, 0.05) is 12.8 Å². The number of rotatable bonds is 40. The van der Waals surface area contributed by atoms with Crippen molar-refractivity contribution in [3.05, 3.63) is 48.6 Å². The number of hydrogen-bond acceptors (Lipinski definition) is 11. The average molecular weight is 881 g/mol. The molecule has 0 spiro atoms. The number of unbranched alkanes of at least 4 members (excludes halogenated alkanes) is 11. The summed E-state index contributed by atoms with van der Waals surface area (Å²) in [5.41, 5.74) is 0. The Morgan fingerprint density at radius 2 is 1.12 bits per heavy atom. The first-order valence-electron chi connectivity index (χ1n) is 21.8. The lowest BCUT2D eigenvalue weighted by Crippen LogP contribution is -2.30. The molecule has 5 N–H and O–H groups in total. The maximum Gasteiger partial charge on any atom is 0.472 e. The van der Waals surface area contributed by atoms with Crippen molar-refractivity contribution >= 4 is 27.6 Å². The zero-order valence-electron chi connectivity index (χ0n) is 36.1. The number of allylic oxidation sites excluding steroid dienone is 7. The van der Waals surface area contributed by atoms with Gasteiger partial charge in [-0.25, -0.2) is 9.13 Å². The molecule has 0 heterocycles. The number of aliphatic hydroxyl groups excluding tert-OH is 2. The van der Waals surface area contributed by atoms with Gasteiger partial charge in [0.1, 0.15) is 12.7 Å². The average Bonchev–Trinajstić information content (AvgIpc) is 3.19. The Morgan fingerprint density at radius 3 is 1.71 bits per heavy atom. The number of phosphoric ester groups is 2. The van der Waals surface area contributed by atoms with Gasteiger partial charge < -0.3 is 34.4 Å². The molecule has 0 rings (SSSR count). The molecule has 0 bridgehead atoms. The molecular formula is C43H78O14P2. The summed E-state index contributed by atoms with van der Waals surface area (Å²) in [6.07, 6.45) is 33.1. The molecule has 0 amide bonds. The zero-order chi connectivity index (χ0) is 44.0. The van der Waals surface area contributed by atoms with Crippen LogP contribution in [-0.2, 0) is 41.8 Å². The third-order valence-electron chi connectivity index (χ3n) is 9.32. The fourth-order valence-electron chi connectivity index (χ4n) is 5.57. The summed E-state index contributed by atoms with van der Waals surface area (Å²) >= 11 is 0. The van der Waals surface area contributed by atoms with Crippen molar-refractivity contribution < 1.29 is 66.7 Å². The van der Waals surface area contributed by atoms with Gasteiger partial charge >= 0.3 is 27.6 Å². The molecule has 16 heteroatoms. The highest BCUT2D eigenvalue weighted by atomic mass is 31.2. The Bertz CT molecular complexity index is 1260. The van der Waals surface area contributed by atoms with Gasteiger partial charge in [-0.15, -0.1) is 0 Å². The van der Waals surface area contributed by atoms with Crippen LogP contribution in [-0.4, -0.2) is 81.6 Å². The minimum absolute atomic E-state index is 0.102. The van der Waals surface area contributed by atoms with Crippen LogP contribution >= 0.6 is 15.6 Å². The van der Waals surface area contributed by atoms with Crippen molar-refractivity contribution in [3.63, 3.8) is 0 Å². The van der Waals surface area contributed by atoms with Gasteiger partial charge in [0.25, 0.3) is 0 Å². The number of phosphoric acid groups is 2. The Kier molecular flexibility index (Phi) is 36.5. The highest BCUT2D eigenvalue weighted by molar-refractivity contribution is 7.47. The first kappa shape index (κ1) is 57.0. The Balaban J connectivity index is 4.64. The van der Waals surface area contributed by atoms with Gasteiger partial charge in [-0.1, -0.05) is 153 Å². The van der Waals surface area contributed by atoms with E-state index in [1.807, 2.05) is 24.3 Å². The van der Waals surface area contributed by atoms with Crippen LogP contribution in [0.2, 0.25) is 0 Å². The minimum Gasteiger partial charge on any atom is -0.462 e. The van der Waals surface area contributed by atoms with E-state index in [1.54, 1.807) is 0 Å². The van der Waals surface area contributed by atoms with Crippen molar-refractivity contribution in [1.82, 2.24) is 0 Å². The SMILES string of the molecule is CCCC[C@H](O)/C=C\C/C=C\C/C=C\C/C=C\CCCC(=O)OC[C@H](COP(=O)(O)OC[C@@H](O)COP(=O)(O)O)OC(=O)CCCCCCCCCCCCC(C)CC. The second kappa shape index (κ2) is 37.8. The lowest BCUT2D eigenvalue weighted by Gasteiger charge is -2.20. The molecule has 0 fully saturated rings. The number of esters is 2. The van der Waals surface area contributed by atoms with Crippen LogP contribution in [0.3, 0.4) is 0 Å².